The normalized spacial score (nSPS) is 14.9. The molecule has 37 heavy (non-hydrogen) atoms. The molecule has 0 radical (unpaired) electrons. The molecule has 0 saturated carbocycles. The average Bonchev–Trinajstić information content (AvgIpc) is 3.37. The molecule has 2 N–H and O–H groups in total. The van der Waals surface area contributed by atoms with Crippen molar-refractivity contribution in [1.29, 1.82) is 0 Å². The summed E-state index contributed by atoms with van der Waals surface area (Å²) < 4.78 is 26.7. The van der Waals surface area contributed by atoms with Gasteiger partial charge in [0.1, 0.15) is 5.82 Å². The number of aromatic nitrogens is 2. The number of nitrogens with one attached hydrogen (secondary N) is 2. The van der Waals surface area contributed by atoms with Gasteiger partial charge in [-0.15, -0.1) is 11.3 Å². The zero-order valence-corrected chi connectivity index (χ0v) is 22.9. The standard InChI is InChI=1S/C27H32N6O2S2/c1-19(2)37(34,35)24-7-5-4-6-20(24)18-28-26-25-23(12-17-36-25)30-27(31-26)29-21-8-10-22(11-9-21)33-15-13-32(3)14-16-33/h4-12,17,19H,13-16,18H2,1-3H3,(H2,28,29,30,31). The van der Waals surface area contributed by atoms with Crippen LogP contribution in [0, 0.1) is 0 Å². The molecule has 1 aliphatic rings. The Bertz CT molecular complexity index is 1480. The van der Waals surface area contributed by atoms with Gasteiger partial charge in [-0.2, -0.15) is 4.98 Å². The van der Waals surface area contributed by atoms with E-state index in [-0.39, 0.29) is 0 Å². The minimum Gasteiger partial charge on any atom is -0.369 e. The monoisotopic (exact) mass is 536 g/mol. The zero-order valence-electron chi connectivity index (χ0n) is 21.3. The molecule has 1 fully saturated rings. The number of thiophene rings is 1. The van der Waals surface area contributed by atoms with E-state index in [9.17, 15) is 8.42 Å². The molecule has 0 aliphatic carbocycles. The van der Waals surface area contributed by atoms with Crippen LogP contribution in [-0.4, -0.2) is 61.8 Å². The quantitative estimate of drug-likeness (QED) is 0.326. The number of rotatable bonds is 8. The van der Waals surface area contributed by atoms with Crippen LogP contribution in [0.3, 0.4) is 0 Å². The fraction of sp³-hybridized carbons (Fsp3) is 0.333. The van der Waals surface area contributed by atoms with E-state index in [0.29, 0.717) is 28.8 Å². The Morgan fingerprint density at radius 3 is 2.43 bits per heavy atom. The van der Waals surface area contributed by atoms with Crippen LogP contribution < -0.4 is 15.5 Å². The van der Waals surface area contributed by atoms with E-state index >= 15 is 0 Å². The Kier molecular flexibility index (Phi) is 7.32. The Balaban J connectivity index is 1.35. The molecule has 194 valence electrons. The van der Waals surface area contributed by atoms with E-state index in [0.717, 1.165) is 42.1 Å². The second-order valence-corrected chi connectivity index (χ2v) is 12.9. The largest absolute Gasteiger partial charge is 0.369 e. The summed E-state index contributed by atoms with van der Waals surface area (Å²) in [6.07, 6.45) is 0. The number of benzene rings is 2. The van der Waals surface area contributed by atoms with Crippen molar-refractivity contribution in [2.24, 2.45) is 0 Å². The molecule has 10 heteroatoms. The number of sulfone groups is 1. The highest BCUT2D eigenvalue weighted by molar-refractivity contribution is 7.92. The highest BCUT2D eigenvalue weighted by atomic mass is 32.2. The number of likely N-dealkylation sites (N-methyl/N-ethyl adjacent to an activating group) is 1. The highest BCUT2D eigenvalue weighted by Gasteiger charge is 2.22. The van der Waals surface area contributed by atoms with Crippen LogP contribution in [0.5, 0.6) is 0 Å². The summed E-state index contributed by atoms with van der Waals surface area (Å²) in [5.41, 5.74) is 3.67. The first-order valence-corrected chi connectivity index (χ1v) is 14.9. The van der Waals surface area contributed by atoms with Crippen LogP contribution in [0.25, 0.3) is 10.2 Å². The summed E-state index contributed by atoms with van der Waals surface area (Å²) in [6.45, 7) is 7.93. The maximum absolute atomic E-state index is 12.9. The topological polar surface area (TPSA) is 90.5 Å². The number of piperazine rings is 1. The summed E-state index contributed by atoms with van der Waals surface area (Å²) in [6, 6.07) is 17.5. The van der Waals surface area contributed by atoms with Crippen molar-refractivity contribution >= 4 is 54.5 Å². The summed E-state index contributed by atoms with van der Waals surface area (Å²) in [4.78, 5) is 14.5. The summed E-state index contributed by atoms with van der Waals surface area (Å²) in [5, 5.41) is 8.19. The molecule has 8 nitrogen and oxygen atoms in total. The van der Waals surface area contributed by atoms with Crippen molar-refractivity contribution in [3.8, 4) is 0 Å². The lowest BCUT2D eigenvalue weighted by atomic mass is 10.2. The van der Waals surface area contributed by atoms with Crippen LogP contribution in [0.15, 0.2) is 64.9 Å². The van der Waals surface area contributed by atoms with Gasteiger partial charge in [0.25, 0.3) is 0 Å². The lowest BCUT2D eigenvalue weighted by Crippen LogP contribution is -2.44. The van der Waals surface area contributed by atoms with Crippen LogP contribution in [0.1, 0.15) is 19.4 Å². The molecule has 1 saturated heterocycles. The first-order chi connectivity index (χ1) is 17.8. The Labute approximate surface area is 222 Å². The minimum atomic E-state index is -3.40. The summed E-state index contributed by atoms with van der Waals surface area (Å²) in [7, 11) is -1.24. The number of hydrogen-bond donors (Lipinski definition) is 2. The van der Waals surface area contributed by atoms with Gasteiger partial charge in [0.15, 0.2) is 9.84 Å². The third-order valence-electron chi connectivity index (χ3n) is 6.64. The molecule has 3 heterocycles. The van der Waals surface area contributed by atoms with E-state index in [1.54, 1.807) is 37.3 Å². The molecule has 5 rings (SSSR count). The van der Waals surface area contributed by atoms with Gasteiger partial charge < -0.3 is 20.4 Å². The van der Waals surface area contributed by atoms with Crippen molar-refractivity contribution < 1.29 is 8.42 Å². The van der Waals surface area contributed by atoms with E-state index in [1.807, 2.05) is 23.6 Å². The first kappa shape index (κ1) is 25.4. The fourth-order valence-electron chi connectivity index (χ4n) is 4.35. The maximum atomic E-state index is 12.9. The maximum Gasteiger partial charge on any atom is 0.229 e. The van der Waals surface area contributed by atoms with Gasteiger partial charge in [-0.3, -0.25) is 0 Å². The first-order valence-electron chi connectivity index (χ1n) is 12.4. The van der Waals surface area contributed by atoms with Crippen molar-refractivity contribution in [3.05, 3.63) is 65.5 Å². The Morgan fingerprint density at radius 1 is 0.973 bits per heavy atom. The predicted octanol–water partition coefficient (Wildman–Crippen LogP) is 4.98. The third kappa shape index (κ3) is 5.56. The molecule has 4 aromatic rings. The Morgan fingerprint density at radius 2 is 1.70 bits per heavy atom. The highest BCUT2D eigenvalue weighted by Crippen LogP contribution is 2.30. The fourth-order valence-corrected chi connectivity index (χ4v) is 6.43. The van der Waals surface area contributed by atoms with Gasteiger partial charge in [0.2, 0.25) is 5.95 Å². The molecular formula is C27H32N6O2S2. The molecule has 2 aromatic carbocycles. The molecule has 0 unspecified atom stereocenters. The van der Waals surface area contributed by atoms with Gasteiger partial charge in [0.05, 0.1) is 20.4 Å². The number of anilines is 4. The molecule has 0 bridgehead atoms. The number of hydrogen-bond acceptors (Lipinski definition) is 9. The third-order valence-corrected chi connectivity index (χ3v) is 9.80. The molecule has 1 aliphatic heterocycles. The number of fused-ring (bicyclic) bond motifs is 1. The zero-order chi connectivity index (χ0) is 26.0. The van der Waals surface area contributed by atoms with Crippen LogP contribution in [0.2, 0.25) is 0 Å². The van der Waals surface area contributed by atoms with Crippen LogP contribution in [0.4, 0.5) is 23.1 Å². The van der Waals surface area contributed by atoms with Gasteiger partial charge in [0, 0.05) is 44.1 Å². The lowest BCUT2D eigenvalue weighted by Gasteiger charge is -2.34. The average molecular weight is 537 g/mol. The van der Waals surface area contributed by atoms with Gasteiger partial charge >= 0.3 is 0 Å². The molecule has 0 amide bonds. The lowest BCUT2D eigenvalue weighted by molar-refractivity contribution is 0.313. The summed E-state index contributed by atoms with van der Waals surface area (Å²) >= 11 is 1.55. The molecule has 0 atom stereocenters. The van der Waals surface area contributed by atoms with Gasteiger partial charge in [-0.05, 0) is 68.2 Å². The van der Waals surface area contributed by atoms with E-state index < -0.39 is 15.1 Å². The van der Waals surface area contributed by atoms with Crippen LogP contribution >= 0.6 is 11.3 Å². The van der Waals surface area contributed by atoms with Crippen LogP contribution in [-0.2, 0) is 16.4 Å². The molecular weight excluding hydrogens is 504 g/mol. The van der Waals surface area contributed by atoms with Crippen molar-refractivity contribution in [2.75, 3.05) is 48.8 Å². The SMILES string of the molecule is CC(C)S(=O)(=O)c1ccccc1CNc1nc(Nc2ccc(N3CCN(C)CC3)cc2)nc2ccsc12. The minimum absolute atomic E-state index is 0.339. The van der Waals surface area contributed by atoms with Crippen molar-refractivity contribution in [1.82, 2.24) is 14.9 Å². The van der Waals surface area contributed by atoms with E-state index in [2.05, 4.69) is 56.7 Å². The van der Waals surface area contributed by atoms with E-state index in [1.165, 1.54) is 5.69 Å². The smallest absolute Gasteiger partial charge is 0.229 e. The predicted molar refractivity (Wildman–Crippen MR) is 153 cm³/mol. The van der Waals surface area contributed by atoms with Crippen molar-refractivity contribution in [2.45, 2.75) is 30.5 Å². The molecule has 2 aromatic heterocycles. The van der Waals surface area contributed by atoms with Gasteiger partial charge in [-0.1, -0.05) is 18.2 Å². The van der Waals surface area contributed by atoms with Crippen molar-refractivity contribution in [3.63, 3.8) is 0 Å². The van der Waals surface area contributed by atoms with Gasteiger partial charge in [-0.25, -0.2) is 13.4 Å². The molecule has 0 spiro atoms. The summed E-state index contributed by atoms with van der Waals surface area (Å²) in [5.74, 6) is 1.16. The van der Waals surface area contributed by atoms with E-state index in [4.69, 9.17) is 4.98 Å². The second kappa shape index (κ2) is 10.6. The second-order valence-electron chi connectivity index (χ2n) is 9.55. The Hall–Kier alpha value is -3.21. The number of nitrogens with zero attached hydrogens (tertiary/aromatic N) is 4.